The van der Waals surface area contributed by atoms with E-state index in [1.807, 2.05) is 50.2 Å². The van der Waals surface area contributed by atoms with Gasteiger partial charge in [0.05, 0.1) is 22.3 Å². The van der Waals surface area contributed by atoms with Crippen LogP contribution < -0.4 is 15.4 Å². The summed E-state index contributed by atoms with van der Waals surface area (Å²) in [5.41, 5.74) is 1.86. The van der Waals surface area contributed by atoms with Crippen molar-refractivity contribution in [3.05, 3.63) is 53.0 Å². The lowest BCUT2D eigenvalue weighted by Gasteiger charge is -2.22. The summed E-state index contributed by atoms with van der Waals surface area (Å²) in [5.74, 6) is 0.000133. The second-order valence-corrected chi connectivity index (χ2v) is 8.34. The number of thiazole rings is 1. The number of halogens is 1. The predicted octanol–water partition coefficient (Wildman–Crippen LogP) is 3.62. The van der Waals surface area contributed by atoms with Gasteiger partial charge in [-0.05, 0) is 51.4 Å². The quantitative estimate of drug-likeness (QED) is 0.386. The van der Waals surface area contributed by atoms with E-state index < -0.39 is 5.76 Å². The van der Waals surface area contributed by atoms with Crippen molar-refractivity contribution in [3.63, 3.8) is 0 Å². The minimum absolute atomic E-state index is 0. The van der Waals surface area contributed by atoms with E-state index in [0.717, 1.165) is 16.0 Å². The molecule has 0 atom stereocenters. The number of fused-ring (bicyclic) bond motifs is 2. The van der Waals surface area contributed by atoms with Crippen LogP contribution in [0.25, 0.3) is 21.3 Å². The Morgan fingerprint density at radius 2 is 1.97 bits per heavy atom. The van der Waals surface area contributed by atoms with Crippen LogP contribution in [0, 0.1) is 0 Å². The molecule has 0 fully saturated rings. The third-order valence-corrected chi connectivity index (χ3v) is 5.87. The maximum atomic E-state index is 13.3. The van der Waals surface area contributed by atoms with Crippen LogP contribution in [0.2, 0.25) is 0 Å². The van der Waals surface area contributed by atoms with Crippen LogP contribution in [0.3, 0.4) is 0 Å². The highest BCUT2D eigenvalue weighted by Crippen LogP contribution is 2.31. The van der Waals surface area contributed by atoms with Gasteiger partial charge < -0.3 is 14.1 Å². The Bertz CT molecular complexity index is 1280. The van der Waals surface area contributed by atoms with Crippen LogP contribution in [0.15, 0.2) is 51.7 Å². The summed E-state index contributed by atoms with van der Waals surface area (Å²) < 4.78 is 13.1. The first kappa shape index (κ1) is 23.8. The molecule has 0 bridgehead atoms. The molecule has 10 heteroatoms. The van der Waals surface area contributed by atoms with Crippen molar-refractivity contribution in [3.8, 4) is 5.75 Å². The van der Waals surface area contributed by atoms with Crippen LogP contribution in [-0.4, -0.2) is 54.1 Å². The van der Waals surface area contributed by atoms with Crippen molar-refractivity contribution in [2.24, 2.45) is 0 Å². The molecule has 0 saturated carbocycles. The molecule has 0 aliphatic carbocycles. The number of oxazole rings is 1. The van der Waals surface area contributed by atoms with Gasteiger partial charge >= 0.3 is 5.76 Å². The maximum Gasteiger partial charge on any atom is 0.420 e. The molecule has 0 radical (unpaired) electrons. The highest BCUT2D eigenvalue weighted by Gasteiger charge is 2.22. The Morgan fingerprint density at radius 1 is 1.19 bits per heavy atom. The van der Waals surface area contributed by atoms with Crippen LogP contribution in [-0.2, 0) is 11.3 Å². The molecule has 2 aromatic heterocycles. The summed E-state index contributed by atoms with van der Waals surface area (Å²) >= 11 is 1.43. The van der Waals surface area contributed by atoms with E-state index in [9.17, 15) is 9.59 Å². The Balaban J connectivity index is 0.00000289. The van der Waals surface area contributed by atoms with Gasteiger partial charge in [-0.1, -0.05) is 23.5 Å². The van der Waals surface area contributed by atoms with Crippen LogP contribution >= 0.6 is 23.7 Å². The number of likely N-dealkylation sites (N-methyl/N-ethyl adjacent to an activating group) is 1. The molecule has 0 spiro atoms. The number of benzene rings is 2. The lowest BCUT2D eigenvalue weighted by atomic mass is 10.3. The number of nitrogens with zero attached hydrogens (tertiary/aromatic N) is 4. The molecule has 2 aromatic carbocycles. The summed E-state index contributed by atoms with van der Waals surface area (Å²) in [4.78, 5) is 33.9. The van der Waals surface area contributed by atoms with E-state index in [4.69, 9.17) is 9.15 Å². The number of rotatable bonds is 8. The zero-order chi connectivity index (χ0) is 22.0. The zero-order valence-electron chi connectivity index (χ0n) is 18.1. The normalized spacial score (nSPS) is 11.1. The van der Waals surface area contributed by atoms with Gasteiger partial charge in [-0.25, -0.2) is 9.78 Å². The van der Waals surface area contributed by atoms with Crippen molar-refractivity contribution in [2.45, 2.75) is 13.5 Å². The summed E-state index contributed by atoms with van der Waals surface area (Å²) in [6.45, 7) is 3.51. The largest absolute Gasteiger partial charge is 0.494 e. The van der Waals surface area contributed by atoms with Gasteiger partial charge in [0, 0.05) is 13.1 Å². The van der Waals surface area contributed by atoms with E-state index in [1.54, 1.807) is 23.1 Å². The standard InChI is InChI=1S/C22H24N4O4S.ClH/c1-4-29-15-9-10-16-19(13-15)31-21(23-16)25(12-11-24(2)3)20(27)14-26-17-7-5-6-8-18(17)30-22(26)28;/h5-10,13H,4,11-12,14H2,1-3H3;1H. The molecule has 4 rings (SSSR count). The minimum Gasteiger partial charge on any atom is -0.494 e. The average Bonchev–Trinajstić information content (AvgIpc) is 3.29. The lowest BCUT2D eigenvalue weighted by molar-refractivity contribution is -0.119. The molecule has 0 aliphatic heterocycles. The summed E-state index contributed by atoms with van der Waals surface area (Å²) in [6.07, 6.45) is 0. The van der Waals surface area contributed by atoms with E-state index in [1.165, 1.54) is 15.9 Å². The Morgan fingerprint density at radius 3 is 2.72 bits per heavy atom. The predicted molar refractivity (Wildman–Crippen MR) is 129 cm³/mol. The molecule has 170 valence electrons. The van der Waals surface area contributed by atoms with Crippen molar-refractivity contribution >= 4 is 56.1 Å². The van der Waals surface area contributed by atoms with Gasteiger partial charge in [0.25, 0.3) is 0 Å². The first-order chi connectivity index (χ1) is 15.0. The number of ether oxygens (including phenoxy) is 1. The molecule has 32 heavy (non-hydrogen) atoms. The number of hydrogen-bond acceptors (Lipinski definition) is 7. The number of hydrogen-bond donors (Lipinski definition) is 0. The molecule has 2 heterocycles. The summed E-state index contributed by atoms with van der Waals surface area (Å²) in [7, 11) is 3.90. The van der Waals surface area contributed by atoms with Crippen LogP contribution in [0.1, 0.15) is 6.92 Å². The van der Waals surface area contributed by atoms with Gasteiger partial charge in [-0.2, -0.15) is 0 Å². The molecule has 1 amide bonds. The molecular weight excluding hydrogens is 452 g/mol. The third kappa shape index (κ3) is 4.95. The highest BCUT2D eigenvalue weighted by atomic mass is 35.5. The number of aromatic nitrogens is 2. The average molecular weight is 477 g/mol. The lowest BCUT2D eigenvalue weighted by Crippen LogP contribution is -2.39. The second-order valence-electron chi connectivity index (χ2n) is 7.33. The Hall–Kier alpha value is -2.88. The van der Waals surface area contributed by atoms with Crippen molar-refractivity contribution < 1.29 is 13.9 Å². The van der Waals surface area contributed by atoms with Gasteiger partial charge in [-0.3, -0.25) is 14.3 Å². The molecular formula is C22H25ClN4O4S. The number of carbonyl (C=O) groups excluding carboxylic acids is 1. The Labute approximate surface area is 195 Å². The molecule has 0 unspecified atom stereocenters. The van der Waals surface area contributed by atoms with Crippen LogP contribution in [0.5, 0.6) is 5.75 Å². The van der Waals surface area contributed by atoms with Crippen LogP contribution in [0.4, 0.5) is 5.13 Å². The van der Waals surface area contributed by atoms with E-state index >= 15 is 0 Å². The van der Waals surface area contributed by atoms with Gasteiger partial charge in [0.2, 0.25) is 5.91 Å². The summed E-state index contributed by atoms with van der Waals surface area (Å²) in [6, 6.07) is 12.8. The summed E-state index contributed by atoms with van der Waals surface area (Å²) in [5, 5.41) is 0.594. The molecule has 0 aliphatic rings. The van der Waals surface area contributed by atoms with Gasteiger partial charge in [0.15, 0.2) is 10.7 Å². The topological polar surface area (TPSA) is 80.8 Å². The molecule has 4 aromatic rings. The number of para-hydroxylation sites is 2. The first-order valence-corrected chi connectivity index (χ1v) is 10.8. The fraction of sp³-hybridized carbons (Fsp3) is 0.318. The minimum atomic E-state index is -0.548. The SMILES string of the molecule is CCOc1ccc2nc(N(CCN(C)C)C(=O)Cn3c(=O)oc4ccccc43)sc2c1.Cl. The smallest absolute Gasteiger partial charge is 0.420 e. The second kappa shape index (κ2) is 10.2. The van der Waals surface area contributed by atoms with E-state index in [-0.39, 0.29) is 24.9 Å². The number of carbonyl (C=O) groups is 1. The highest BCUT2D eigenvalue weighted by molar-refractivity contribution is 7.22. The Kier molecular flexibility index (Phi) is 7.55. The molecule has 0 saturated heterocycles. The fourth-order valence-corrected chi connectivity index (χ4v) is 4.31. The molecule has 8 nitrogen and oxygen atoms in total. The van der Waals surface area contributed by atoms with E-state index in [2.05, 4.69) is 4.98 Å². The van der Waals surface area contributed by atoms with Crippen molar-refractivity contribution in [1.82, 2.24) is 14.5 Å². The molecule has 0 N–H and O–H groups in total. The fourth-order valence-electron chi connectivity index (χ4n) is 3.28. The third-order valence-electron chi connectivity index (χ3n) is 4.83. The van der Waals surface area contributed by atoms with Gasteiger partial charge in [0.1, 0.15) is 12.3 Å². The van der Waals surface area contributed by atoms with Crippen molar-refractivity contribution in [2.75, 3.05) is 38.7 Å². The van der Waals surface area contributed by atoms with E-state index in [0.29, 0.717) is 35.9 Å². The number of anilines is 1. The number of amides is 1. The monoisotopic (exact) mass is 476 g/mol. The first-order valence-electron chi connectivity index (χ1n) is 10.0. The van der Waals surface area contributed by atoms with Crippen molar-refractivity contribution in [1.29, 1.82) is 0 Å². The van der Waals surface area contributed by atoms with Gasteiger partial charge in [-0.15, -0.1) is 12.4 Å². The maximum absolute atomic E-state index is 13.3. The zero-order valence-corrected chi connectivity index (χ0v) is 19.7.